The molecule has 0 amide bonds. The van der Waals surface area contributed by atoms with Gasteiger partial charge in [0.1, 0.15) is 11.7 Å². The smallest absolute Gasteiger partial charge is 0.106 e. The second-order valence-corrected chi connectivity index (χ2v) is 4.26. The van der Waals surface area contributed by atoms with Gasteiger partial charge >= 0.3 is 0 Å². The fraction of sp³-hybridized carbons (Fsp3) is 0.250. The summed E-state index contributed by atoms with van der Waals surface area (Å²) in [5.41, 5.74) is 3.52. The zero-order valence-corrected chi connectivity index (χ0v) is 8.51. The Morgan fingerprint density at radius 1 is 1.57 bits per heavy atom. The standard InChI is InChI=1S/C8H11N5S/c1-5-2-3-7(14-5)8(11-9)6-4-10-13-12-6/h2-4,8,11H,9H2,1H3,(H,10,12,13). The van der Waals surface area contributed by atoms with Gasteiger partial charge in [-0.3, -0.25) is 5.84 Å². The lowest BCUT2D eigenvalue weighted by atomic mass is 10.2. The summed E-state index contributed by atoms with van der Waals surface area (Å²) in [6, 6.07) is 4.02. The van der Waals surface area contributed by atoms with Crippen LogP contribution in [-0.4, -0.2) is 15.4 Å². The Balaban J connectivity index is 2.31. The van der Waals surface area contributed by atoms with Gasteiger partial charge in [-0.25, -0.2) is 5.43 Å². The first-order valence-electron chi connectivity index (χ1n) is 4.19. The highest BCUT2D eigenvalue weighted by Crippen LogP contribution is 2.25. The van der Waals surface area contributed by atoms with Crippen LogP contribution in [0.2, 0.25) is 0 Å². The van der Waals surface area contributed by atoms with E-state index in [1.165, 1.54) is 4.88 Å². The van der Waals surface area contributed by atoms with Crippen molar-refractivity contribution < 1.29 is 0 Å². The summed E-state index contributed by atoms with van der Waals surface area (Å²) in [6.45, 7) is 2.06. The van der Waals surface area contributed by atoms with Gasteiger partial charge in [-0.15, -0.1) is 11.3 Å². The van der Waals surface area contributed by atoms with Gasteiger partial charge in [-0.05, 0) is 19.1 Å². The number of aromatic amines is 1. The highest BCUT2D eigenvalue weighted by Gasteiger charge is 2.16. The van der Waals surface area contributed by atoms with Gasteiger partial charge in [-0.1, -0.05) is 0 Å². The van der Waals surface area contributed by atoms with E-state index in [1.54, 1.807) is 17.5 Å². The predicted molar refractivity (Wildman–Crippen MR) is 54.6 cm³/mol. The molecule has 0 spiro atoms. The SMILES string of the molecule is Cc1ccc(C(NN)c2cn[nH]n2)s1. The molecule has 14 heavy (non-hydrogen) atoms. The second kappa shape index (κ2) is 3.87. The molecule has 0 aliphatic rings. The molecule has 2 aromatic heterocycles. The molecule has 2 heterocycles. The van der Waals surface area contributed by atoms with Crippen LogP contribution in [0.3, 0.4) is 0 Å². The Bertz CT molecular complexity index is 394. The highest BCUT2D eigenvalue weighted by molar-refractivity contribution is 7.12. The Hall–Kier alpha value is -1.24. The monoisotopic (exact) mass is 209 g/mol. The Morgan fingerprint density at radius 2 is 2.43 bits per heavy atom. The number of hydrogen-bond donors (Lipinski definition) is 3. The van der Waals surface area contributed by atoms with Crippen LogP contribution < -0.4 is 11.3 Å². The molecular weight excluding hydrogens is 198 g/mol. The van der Waals surface area contributed by atoms with Crippen molar-refractivity contribution in [1.29, 1.82) is 0 Å². The first kappa shape index (κ1) is 9.32. The number of aryl methyl sites for hydroxylation is 1. The van der Waals surface area contributed by atoms with Crippen LogP contribution in [0.1, 0.15) is 21.5 Å². The van der Waals surface area contributed by atoms with E-state index in [0.717, 1.165) is 10.6 Å². The average molecular weight is 209 g/mol. The van der Waals surface area contributed by atoms with Gasteiger partial charge < -0.3 is 0 Å². The van der Waals surface area contributed by atoms with Crippen molar-refractivity contribution in [2.75, 3.05) is 0 Å². The molecular formula is C8H11N5S. The number of aromatic nitrogens is 3. The topological polar surface area (TPSA) is 79.6 Å². The summed E-state index contributed by atoms with van der Waals surface area (Å²) < 4.78 is 0. The lowest BCUT2D eigenvalue weighted by Crippen LogP contribution is -2.28. The molecule has 0 fully saturated rings. The Morgan fingerprint density at radius 3 is 2.93 bits per heavy atom. The summed E-state index contributed by atoms with van der Waals surface area (Å²) in [5.74, 6) is 5.48. The van der Waals surface area contributed by atoms with Crippen LogP contribution in [-0.2, 0) is 0 Å². The number of thiophene rings is 1. The minimum atomic E-state index is -0.0764. The van der Waals surface area contributed by atoms with Gasteiger partial charge in [0.05, 0.1) is 6.20 Å². The van der Waals surface area contributed by atoms with E-state index in [9.17, 15) is 0 Å². The fourth-order valence-corrected chi connectivity index (χ4v) is 2.22. The number of rotatable bonds is 3. The van der Waals surface area contributed by atoms with Crippen molar-refractivity contribution in [2.45, 2.75) is 13.0 Å². The van der Waals surface area contributed by atoms with Crippen molar-refractivity contribution in [1.82, 2.24) is 20.8 Å². The zero-order valence-electron chi connectivity index (χ0n) is 7.69. The lowest BCUT2D eigenvalue weighted by Gasteiger charge is -2.09. The van der Waals surface area contributed by atoms with E-state index in [0.29, 0.717) is 0 Å². The molecule has 0 saturated heterocycles. The first-order chi connectivity index (χ1) is 6.81. The van der Waals surface area contributed by atoms with Crippen LogP contribution in [0.15, 0.2) is 18.3 Å². The van der Waals surface area contributed by atoms with E-state index < -0.39 is 0 Å². The van der Waals surface area contributed by atoms with Crippen LogP contribution in [0.5, 0.6) is 0 Å². The van der Waals surface area contributed by atoms with Gasteiger partial charge in [0.25, 0.3) is 0 Å². The molecule has 4 N–H and O–H groups in total. The molecule has 6 heteroatoms. The number of hydrogen-bond acceptors (Lipinski definition) is 5. The molecule has 1 atom stereocenters. The third-order valence-corrected chi connectivity index (χ3v) is 3.01. The normalized spacial score (nSPS) is 13.0. The molecule has 0 saturated carbocycles. The van der Waals surface area contributed by atoms with E-state index in [-0.39, 0.29) is 6.04 Å². The van der Waals surface area contributed by atoms with Crippen molar-refractivity contribution >= 4 is 11.3 Å². The predicted octanol–water partition coefficient (Wildman–Crippen LogP) is 0.727. The molecule has 0 aromatic carbocycles. The van der Waals surface area contributed by atoms with Crippen molar-refractivity contribution in [3.8, 4) is 0 Å². The molecule has 1 unspecified atom stereocenters. The summed E-state index contributed by atoms with van der Waals surface area (Å²) in [4.78, 5) is 2.39. The summed E-state index contributed by atoms with van der Waals surface area (Å²) in [5, 5.41) is 10.3. The van der Waals surface area contributed by atoms with Gasteiger partial charge in [0, 0.05) is 9.75 Å². The first-order valence-corrected chi connectivity index (χ1v) is 5.01. The number of H-pyrrole nitrogens is 1. The highest BCUT2D eigenvalue weighted by atomic mass is 32.1. The van der Waals surface area contributed by atoms with E-state index >= 15 is 0 Å². The lowest BCUT2D eigenvalue weighted by molar-refractivity contribution is 0.627. The third kappa shape index (κ3) is 1.67. The number of nitrogens with one attached hydrogen (secondary N) is 2. The summed E-state index contributed by atoms with van der Waals surface area (Å²) >= 11 is 1.69. The Kier molecular flexibility index (Phi) is 2.58. The molecule has 2 aromatic rings. The van der Waals surface area contributed by atoms with Crippen LogP contribution >= 0.6 is 11.3 Å². The molecule has 0 aliphatic carbocycles. The van der Waals surface area contributed by atoms with Crippen molar-refractivity contribution in [3.05, 3.63) is 33.8 Å². The minimum absolute atomic E-state index is 0.0764. The minimum Gasteiger partial charge on any atom is -0.270 e. The maximum atomic E-state index is 5.48. The molecule has 74 valence electrons. The maximum Gasteiger partial charge on any atom is 0.106 e. The van der Waals surface area contributed by atoms with E-state index in [2.05, 4.69) is 33.8 Å². The fourth-order valence-electron chi connectivity index (χ4n) is 1.27. The van der Waals surface area contributed by atoms with E-state index in [4.69, 9.17) is 5.84 Å². The third-order valence-electron chi connectivity index (χ3n) is 1.94. The molecule has 0 bridgehead atoms. The number of nitrogens with two attached hydrogens (primary N) is 1. The van der Waals surface area contributed by atoms with Crippen LogP contribution in [0, 0.1) is 6.92 Å². The van der Waals surface area contributed by atoms with Crippen LogP contribution in [0.25, 0.3) is 0 Å². The van der Waals surface area contributed by atoms with Crippen LogP contribution in [0.4, 0.5) is 0 Å². The molecule has 5 nitrogen and oxygen atoms in total. The summed E-state index contributed by atoms with van der Waals surface area (Å²) in [6.07, 6.45) is 1.67. The quantitative estimate of drug-likeness (QED) is 0.514. The molecule has 2 rings (SSSR count). The van der Waals surface area contributed by atoms with Gasteiger partial charge in [0.15, 0.2) is 0 Å². The van der Waals surface area contributed by atoms with Crippen molar-refractivity contribution in [3.63, 3.8) is 0 Å². The summed E-state index contributed by atoms with van der Waals surface area (Å²) in [7, 11) is 0. The average Bonchev–Trinajstić information content (AvgIpc) is 2.79. The van der Waals surface area contributed by atoms with Crippen molar-refractivity contribution in [2.24, 2.45) is 5.84 Å². The second-order valence-electron chi connectivity index (χ2n) is 2.94. The number of hydrazine groups is 1. The number of nitrogens with zero attached hydrogens (tertiary/aromatic N) is 2. The van der Waals surface area contributed by atoms with Gasteiger partial charge in [0.2, 0.25) is 0 Å². The molecule has 0 aliphatic heterocycles. The maximum absolute atomic E-state index is 5.48. The zero-order chi connectivity index (χ0) is 9.97. The largest absolute Gasteiger partial charge is 0.270 e. The Labute approximate surface area is 85.3 Å². The van der Waals surface area contributed by atoms with Gasteiger partial charge in [-0.2, -0.15) is 15.4 Å². The van der Waals surface area contributed by atoms with E-state index in [1.807, 2.05) is 6.07 Å². The molecule has 0 radical (unpaired) electrons.